The van der Waals surface area contributed by atoms with Gasteiger partial charge in [0.25, 0.3) is 12.2 Å². The first-order valence-electron chi connectivity index (χ1n) is 7.95. The van der Waals surface area contributed by atoms with Crippen molar-refractivity contribution in [3.05, 3.63) is 53.1 Å². The maximum atomic E-state index is 11.7. The standard InChI is InChI=1S/C19H20N4O2/c1-19(2,3)14-5-7-17(24)13(8-14)10-23-11-21-15-6-4-12(9-16(15)23)18(25)22-20/h4-11H,20H2,1-3H3,(H,22,25)/p+1. The Hall–Kier alpha value is -2.99. The second-order valence-corrected chi connectivity index (χ2v) is 6.98. The molecule has 0 saturated heterocycles. The first kappa shape index (κ1) is 16.9. The minimum Gasteiger partial charge on any atom is -0.507 e. The highest BCUT2D eigenvalue weighted by Gasteiger charge is 2.23. The summed E-state index contributed by atoms with van der Waals surface area (Å²) in [5, 5.41) is 10.2. The highest BCUT2D eigenvalue weighted by molar-refractivity contribution is 5.96. The molecule has 0 spiro atoms. The molecule has 0 bridgehead atoms. The fourth-order valence-electron chi connectivity index (χ4n) is 2.63. The molecule has 2 aromatic carbocycles. The van der Waals surface area contributed by atoms with E-state index < -0.39 is 0 Å². The summed E-state index contributed by atoms with van der Waals surface area (Å²) in [7, 11) is 0. The van der Waals surface area contributed by atoms with Crippen LogP contribution in [0.15, 0.2) is 41.4 Å². The number of carbonyl (C=O) groups excluding carboxylic acids is 1. The number of hydrogen-bond donors (Lipinski definition) is 3. The SMILES string of the molecule is CC(C)(C)c1ccc(O)c(C=[N+]2C=Nc3ccc(C(=O)NN)cc32)c1. The molecular weight excluding hydrogens is 316 g/mol. The number of benzene rings is 2. The third kappa shape index (κ3) is 3.29. The number of phenols is 1. The van der Waals surface area contributed by atoms with Crippen molar-refractivity contribution in [1.29, 1.82) is 0 Å². The second-order valence-electron chi connectivity index (χ2n) is 6.98. The molecule has 0 fully saturated rings. The number of hydrazine groups is 1. The lowest BCUT2D eigenvalue weighted by atomic mass is 9.86. The lowest BCUT2D eigenvalue weighted by Gasteiger charge is -2.19. The van der Waals surface area contributed by atoms with Gasteiger partial charge in [0.15, 0.2) is 5.69 Å². The van der Waals surface area contributed by atoms with Crippen molar-refractivity contribution in [2.75, 3.05) is 0 Å². The van der Waals surface area contributed by atoms with Crippen LogP contribution >= 0.6 is 0 Å². The molecule has 3 rings (SSSR count). The molecule has 1 amide bonds. The lowest BCUT2D eigenvalue weighted by molar-refractivity contribution is -0.282. The number of aliphatic imine (C=N–C) groups is 1. The normalized spacial score (nSPS) is 14.6. The monoisotopic (exact) mass is 337 g/mol. The number of nitrogens with one attached hydrogen (secondary N) is 1. The summed E-state index contributed by atoms with van der Waals surface area (Å²) in [5.41, 5.74) is 5.83. The van der Waals surface area contributed by atoms with Gasteiger partial charge in [-0.15, -0.1) is 0 Å². The van der Waals surface area contributed by atoms with Crippen molar-refractivity contribution in [3.63, 3.8) is 0 Å². The number of hydrogen-bond acceptors (Lipinski definition) is 4. The largest absolute Gasteiger partial charge is 0.507 e. The van der Waals surface area contributed by atoms with E-state index in [0.29, 0.717) is 11.1 Å². The molecule has 0 aliphatic carbocycles. The Balaban J connectivity index is 2.06. The smallest absolute Gasteiger partial charge is 0.292 e. The molecule has 0 radical (unpaired) electrons. The molecular formula is C19H21N4O2+. The third-order valence-corrected chi connectivity index (χ3v) is 4.14. The van der Waals surface area contributed by atoms with Gasteiger partial charge in [0.05, 0.1) is 5.56 Å². The van der Waals surface area contributed by atoms with Crippen LogP contribution in [0.4, 0.5) is 11.4 Å². The number of carbonyl (C=O) groups is 1. The van der Waals surface area contributed by atoms with Gasteiger partial charge in [0.2, 0.25) is 5.69 Å². The van der Waals surface area contributed by atoms with Crippen molar-refractivity contribution < 1.29 is 14.5 Å². The zero-order valence-corrected chi connectivity index (χ0v) is 14.4. The molecule has 6 heteroatoms. The van der Waals surface area contributed by atoms with Gasteiger partial charge in [-0.2, -0.15) is 4.58 Å². The Kier molecular flexibility index (Phi) is 4.14. The molecule has 1 heterocycles. The van der Waals surface area contributed by atoms with E-state index in [1.807, 2.05) is 12.1 Å². The van der Waals surface area contributed by atoms with Gasteiger partial charge in [-0.05, 0) is 40.2 Å². The van der Waals surface area contributed by atoms with E-state index in [2.05, 4.69) is 31.2 Å². The number of nitrogens with zero attached hydrogens (tertiary/aromatic N) is 2. The van der Waals surface area contributed by atoms with Crippen LogP contribution in [0.25, 0.3) is 0 Å². The van der Waals surface area contributed by atoms with Crippen molar-refractivity contribution in [2.24, 2.45) is 10.8 Å². The Bertz CT molecular complexity index is 908. The van der Waals surface area contributed by atoms with Crippen molar-refractivity contribution in [3.8, 4) is 5.75 Å². The van der Waals surface area contributed by atoms with E-state index in [-0.39, 0.29) is 17.1 Å². The molecule has 1 aliphatic rings. The highest BCUT2D eigenvalue weighted by atomic mass is 16.3. The van der Waals surface area contributed by atoms with Crippen LogP contribution in [-0.2, 0) is 5.41 Å². The predicted octanol–water partition coefficient (Wildman–Crippen LogP) is 2.73. The molecule has 0 atom stereocenters. The van der Waals surface area contributed by atoms with E-state index in [1.54, 1.807) is 41.4 Å². The zero-order chi connectivity index (χ0) is 18.2. The summed E-state index contributed by atoms with van der Waals surface area (Å²) < 4.78 is 1.78. The van der Waals surface area contributed by atoms with E-state index in [0.717, 1.165) is 16.9 Å². The topological polar surface area (TPSA) is 90.7 Å². The summed E-state index contributed by atoms with van der Waals surface area (Å²) in [6.45, 7) is 6.36. The first-order valence-corrected chi connectivity index (χ1v) is 7.95. The van der Waals surface area contributed by atoms with E-state index >= 15 is 0 Å². The van der Waals surface area contributed by atoms with Crippen LogP contribution < -0.4 is 11.3 Å². The number of fused-ring (bicyclic) bond motifs is 1. The Morgan fingerprint density at radius 2 is 2.00 bits per heavy atom. The van der Waals surface area contributed by atoms with Crippen LogP contribution in [-0.4, -0.2) is 28.1 Å². The Labute approximate surface area is 146 Å². The number of aromatic hydroxyl groups is 1. The quantitative estimate of drug-likeness (QED) is 0.341. The number of amides is 1. The van der Waals surface area contributed by atoms with Crippen LogP contribution in [0.5, 0.6) is 5.75 Å². The summed E-state index contributed by atoms with van der Waals surface area (Å²) in [6, 6.07) is 10.7. The number of nitrogen functional groups attached to an aromatic ring is 1. The van der Waals surface area contributed by atoms with Crippen molar-refractivity contribution >= 4 is 29.8 Å². The van der Waals surface area contributed by atoms with Gasteiger partial charge < -0.3 is 5.11 Å². The van der Waals surface area contributed by atoms with E-state index in [1.165, 1.54) is 0 Å². The average Bonchev–Trinajstić information content (AvgIpc) is 2.97. The fraction of sp³-hybridized carbons (Fsp3) is 0.211. The number of phenolic OH excluding ortho intramolecular Hbond substituents is 1. The number of rotatable bonds is 2. The summed E-state index contributed by atoms with van der Waals surface area (Å²) in [4.78, 5) is 16.1. The fourth-order valence-corrected chi connectivity index (χ4v) is 2.63. The predicted molar refractivity (Wildman–Crippen MR) is 98.1 cm³/mol. The Morgan fingerprint density at radius 1 is 1.24 bits per heavy atom. The van der Waals surface area contributed by atoms with Crippen LogP contribution in [0.1, 0.15) is 42.3 Å². The minimum atomic E-state index is -0.368. The van der Waals surface area contributed by atoms with Gasteiger partial charge in [-0.25, -0.2) is 5.84 Å². The van der Waals surface area contributed by atoms with E-state index in [4.69, 9.17) is 5.84 Å². The molecule has 4 N–H and O–H groups in total. The summed E-state index contributed by atoms with van der Waals surface area (Å²) >= 11 is 0. The molecule has 128 valence electrons. The number of nitrogens with two attached hydrogens (primary N) is 1. The Morgan fingerprint density at radius 3 is 2.68 bits per heavy atom. The first-order chi connectivity index (χ1) is 11.8. The van der Waals surface area contributed by atoms with Crippen LogP contribution in [0.3, 0.4) is 0 Å². The molecule has 25 heavy (non-hydrogen) atoms. The molecule has 6 nitrogen and oxygen atoms in total. The van der Waals surface area contributed by atoms with Gasteiger partial charge in [0.1, 0.15) is 12.0 Å². The molecule has 2 aromatic rings. The van der Waals surface area contributed by atoms with Crippen molar-refractivity contribution in [1.82, 2.24) is 5.43 Å². The zero-order valence-electron chi connectivity index (χ0n) is 14.4. The highest BCUT2D eigenvalue weighted by Crippen LogP contribution is 2.33. The summed E-state index contributed by atoms with van der Waals surface area (Å²) in [5.74, 6) is 5.02. The van der Waals surface area contributed by atoms with Crippen LogP contribution in [0.2, 0.25) is 0 Å². The maximum Gasteiger partial charge on any atom is 0.292 e. The van der Waals surface area contributed by atoms with Gasteiger partial charge in [0, 0.05) is 11.6 Å². The van der Waals surface area contributed by atoms with E-state index in [9.17, 15) is 9.90 Å². The maximum absolute atomic E-state index is 11.7. The van der Waals surface area contributed by atoms with Crippen molar-refractivity contribution in [2.45, 2.75) is 26.2 Å². The molecule has 0 unspecified atom stereocenters. The third-order valence-electron chi connectivity index (χ3n) is 4.14. The van der Waals surface area contributed by atoms with Gasteiger partial charge >= 0.3 is 0 Å². The van der Waals surface area contributed by atoms with Crippen LogP contribution in [0, 0.1) is 0 Å². The molecule has 0 aromatic heterocycles. The summed E-state index contributed by atoms with van der Waals surface area (Å²) in [6.07, 6.45) is 3.45. The molecule has 1 aliphatic heterocycles. The van der Waals surface area contributed by atoms with Gasteiger partial charge in [-0.1, -0.05) is 26.8 Å². The average molecular weight is 337 g/mol. The van der Waals surface area contributed by atoms with Gasteiger partial charge in [-0.3, -0.25) is 10.2 Å². The molecule has 0 saturated carbocycles. The second kappa shape index (κ2) is 6.14. The lowest BCUT2D eigenvalue weighted by Crippen LogP contribution is -2.29. The minimum absolute atomic E-state index is 0.0281.